The first kappa shape index (κ1) is 20.2. The smallest absolute Gasteiger partial charge is 0.338 e. The van der Waals surface area contributed by atoms with E-state index < -0.39 is 11.7 Å². The Morgan fingerprint density at radius 1 is 1.00 bits per heavy atom. The second-order valence-electron chi connectivity index (χ2n) is 7.99. The monoisotopic (exact) mass is 436 g/mol. The highest BCUT2D eigenvalue weighted by Crippen LogP contribution is 2.31. The molecule has 1 saturated heterocycles. The van der Waals surface area contributed by atoms with Crippen molar-refractivity contribution in [1.82, 2.24) is 19.4 Å². The summed E-state index contributed by atoms with van der Waals surface area (Å²) in [7, 11) is 0. The van der Waals surface area contributed by atoms with Crippen LogP contribution in [0.2, 0.25) is 0 Å². The number of nitrogens with zero attached hydrogens (tertiary/aromatic N) is 4. The molecule has 5 rings (SSSR count). The van der Waals surface area contributed by atoms with Gasteiger partial charge in [0.05, 0.1) is 22.2 Å². The van der Waals surface area contributed by atoms with Crippen LogP contribution >= 0.6 is 0 Å². The van der Waals surface area contributed by atoms with Gasteiger partial charge in [0.25, 0.3) is 5.91 Å². The standard InChI is InChI=1S/C24H19F3N4O/c25-24(26,27)19-5-3-4-16(11-19)10-17-13-30(14-17)23(32)18-8-9-22(28-12-18)31-15-29-20-6-1-2-7-21(20)31/h1-9,11-12,15,17H,10,13-14H2. The molecule has 0 N–H and O–H groups in total. The fraction of sp³-hybridized carbons (Fsp3) is 0.208. The third-order valence-electron chi connectivity index (χ3n) is 5.72. The Bertz CT molecular complexity index is 1270. The van der Waals surface area contributed by atoms with Crippen LogP contribution in [0.25, 0.3) is 16.9 Å². The molecule has 0 bridgehead atoms. The number of para-hydroxylation sites is 2. The van der Waals surface area contributed by atoms with Crippen molar-refractivity contribution in [3.05, 3.63) is 89.9 Å². The molecule has 0 atom stereocenters. The van der Waals surface area contributed by atoms with E-state index in [4.69, 9.17) is 0 Å². The summed E-state index contributed by atoms with van der Waals surface area (Å²) < 4.78 is 40.5. The van der Waals surface area contributed by atoms with Crippen LogP contribution in [0, 0.1) is 5.92 Å². The topological polar surface area (TPSA) is 51.0 Å². The van der Waals surface area contributed by atoms with E-state index in [1.165, 1.54) is 12.1 Å². The zero-order valence-corrected chi connectivity index (χ0v) is 17.0. The number of carbonyl (C=O) groups excluding carboxylic acids is 1. The van der Waals surface area contributed by atoms with Crippen LogP contribution in [-0.4, -0.2) is 38.4 Å². The molecule has 0 spiro atoms. The molecular weight excluding hydrogens is 417 g/mol. The van der Waals surface area contributed by atoms with Crippen molar-refractivity contribution >= 4 is 16.9 Å². The molecule has 1 amide bonds. The Labute approximate surface area is 182 Å². The van der Waals surface area contributed by atoms with Gasteiger partial charge in [-0.05, 0) is 48.2 Å². The first-order chi connectivity index (χ1) is 15.4. The molecule has 8 heteroatoms. The molecule has 1 fully saturated rings. The largest absolute Gasteiger partial charge is 0.416 e. The van der Waals surface area contributed by atoms with E-state index >= 15 is 0 Å². The first-order valence-corrected chi connectivity index (χ1v) is 10.2. The Morgan fingerprint density at radius 3 is 2.56 bits per heavy atom. The maximum atomic E-state index is 12.9. The van der Waals surface area contributed by atoms with Crippen LogP contribution in [-0.2, 0) is 12.6 Å². The Balaban J connectivity index is 1.22. The van der Waals surface area contributed by atoms with E-state index in [1.54, 1.807) is 35.6 Å². The van der Waals surface area contributed by atoms with Gasteiger partial charge in [-0.15, -0.1) is 0 Å². The van der Waals surface area contributed by atoms with Crippen LogP contribution in [0.5, 0.6) is 0 Å². The number of alkyl halides is 3. The van der Waals surface area contributed by atoms with Gasteiger partial charge in [-0.2, -0.15) is 13.2 Å². The summed E-state index contributed by atoms with van der Waals surface area (Å²) in [6, 6.07) is 16.6. The zero-order chi connectivity index (χ0) is 22.3. The number of aromatic nitrogens is 3. The number of hydrogen-bond acceptors (Lipinski definition) is 3. The number of pyridine rings is 1. The second-order valence-corrected chi connectivity index (χ2v) is 7.99. The van der Waals surface area contributed by atoms with E-state index in [-0.39, 0.29) is 11.8 Å². The second kappa shape index (κ2) is 7.78. The molecule has 3 heterocycles. The average Bonchev–Trinajstić information content (AvgIpc) is 3.19. The van der Waals surface area contributed by atoms with Crippen molar-refractivity contribution in [3.63, 3.8) is 0 Å². The molecule has 2 aromatic heterocycles. The minimum absolute atomic E-state index is 0.125. The highest BCUT2D eigenvalue weighted by molar-refractivity contribution is 5.94. The number of hydrogen-bond donors (Lipinski definition) is 0. The van der Waals surface area contributed by atoms with E-state index in [2.05, 4.69) is 9.97 Å². The van der Waals surface area contributed by atoms with Crippen LogP contribution in [0.15, 0.2) is 73.2 Å². The van der Waals surface area contributed by atoms with Crippen molar-refractivity contribution in [2.45, 2.75) is 12.6 Å². The lowest BCUT2D eigenvalue weighted by Crippen LogP contribution is -2.50. The minimum Gasteiger partial charge on any atom is -0.338 e. The first-order valence-electron chi connectivity index (χ1n) is 10.2. The molecule has 0 saturated carbocycles. The highest BCUT2D eigenvalue weighted by Gasteiger charge is 2.33. The lowest BCUT2D eigenvalue weighted by atomic mass is 9.91. The maximum Gasteiger partial charge on any atom is 0.416 e. The molecule has 0 unspecified atom stereocenters. The number of carbonyl (C=O) groups is 1. The van der Waals surface area contributed by atoms with Crippen LogP contribution in [0.4, 0.5) is 13.2 Å². The molecule has 162 valence electrons. The summed E-state index contributed by atoms with van der Waals surface area (Å²) in [5, 5.41) is 0. The Kier molecular flexibility index (Phi) is 4.92. The molecule has 2 aromatic carbocycles. The summed E-state index contributed by atoms with van der Waals surface area (Å²) >= 11 is 0. The molecule has 4 aromatic rings. The van der Waals surface area contributed by atoms with Gasteiger partial charge in [-0.3, -0.25) is 9.36 Å². The van der Waals surface area contributed by atoms with E-state index in [1.807, 2.05) is 28.8 Å². The fourth-order valence-corrected chi connectivity index (χ4v) is 4.05. The molecule has 1 aliphatic rings. The van der Waals surface area contributed by atoms with Gasteiger partial charge in [-0.25, -0.2) is 9.97 Å². The number of rotatable bonds is 4. The van der Waals surface area contributed by atoms with Crippen molar-refractivity contribution in [1.29, 1.82) is 0 Å². The van der Waals surface area contributed by atoms with Gasteiger partial charge in [0.1, 0.15) is 12.1 Å². The number of imidazole rings is 1. The summed E-state index contributed by atoms with van der Waals surface area (Å²) in [4.78, 5) is 23.2. The van der Waals surface area contributed by atoms with Crippen LogP contribution in [0.3, 0.4) is 0 Å². The molecule has 0 radical (unpaired) electrons. The van der Waals surface area contributed by atoms with Crippen molar-refractivity contribution < 1.29 is 18.0 Å². The molecular formula is C24H19F3N4O. The normalized spacial score (nSPS) is 14.5. The number of fused-ring (bicyclic) bond motifs is 1. The van der Waals surface area contributed by atoms with Crippen molar-refractivity contribution in [2.75, 3.05) is 13.1 Å². The van der Waals surface area contributed by atoms with E-state index in [9.17, 15) is 18.0 Å². The highest BCUT2D eigenvalue weighted by atomic mass is 19.4. The van der Waals surface area contributed by atoms with Gasteiger partial charge in [-0.1, -0.05) is 30.3 Å². The van der Waals surface area contributed by atoms with Gasteiger partial charge in [0.15, 0.2) is 0 Å². The predicted molar refractivity (Wildman–Crippen MR) is 113 cm³/mol. The van der Waals surface area contributed by atoms with E-state index in [0.29, 0.717) is 36.5 Å². The Morgan fingerprint density at radius 2 is 1.81 bits per heavy atom. The molecule has 5 nitrogen and oxygen atoms in total. The minimum atomic E-state index is -4.35. The third kappa shape index (κ3) is 3.84. The number of amides is 1. The third-order valence-corrected chi connectivity index (χ3v) is 5.72. The average molecular weight is 436 g/mol. The lowest BCUT2D eigenvalue weighted by Gasteiger charge is -2.39. The van der Waals surface area contributed by atoms with Gasteiger partial charge in [0, 0.05) is 19.3 Å². The van der Waals surface area contributed by atoms with Crippen LogP contribution in [0.1, 0.15) is 21.5 Å². The van der Waals surface area contributed by atoms with Gasteiger partial charge in [0.2, 0.25) is 0 Å². The predicted octanol–water partition coefficient (Wildman–Crippen LogP) is 4.75. The quantitative estimate of drug-likeness (QED) is 0.464. The zero-order valence-electron chi connectivity index (χ0n) is 17.0. The molecule has 1 aliphatic heterocycles. The lowest BCUT2D eigenvalue weighted by molar-refractivity contribution is -0.137. The molecule has 0 aliphatic carbocycles. The van der Waals surface area contributed by atoms with Crippen molar-refractivity contribution in [3.8, 4) is 5.82 Å². The summed E-state index contributed by atoms with van der Waals surface area (Å²) in [6.07, 6.45) is -0.590. The Hall–Kier alpha value is -3.68. The number of likely N-dealkylation sites (tertiary alicyclic amines) is 1. The summed E-state index contributed by atoms with van der Waals surface area (Å²) in [5.41, 5.74) is 2.27. The van der Waals surface area contributed by atoms with E-state index in [0.717, 1.165) is 17.1 Å². The molecule has 32 heavy (non-hydrogen) atoms. The maximum absolute atomic E-state index is 12.9. The van der Waals surface area contributed by atoms with Crippen LogP contribution < -0.4 is 0 Å². The fourth-order valence-electron chi connectivity index (χ4n) is 4.05. The van der Waals surface area contributed by atoms with Gasteiger partial charge >= 0.3 is 6.18 Å². The number of benzene rings is 2. The number of halogens is 3. The summed E-state index contributed by atoms with van der Waals surface area (Å²) in [5.74, 6) is 0.688. The summed E-state index contributed by atoms with van der Waals surface area (Å²) in [6.45, 7) is 1.03. The SMILES string of the molecule is O=C(c1ccc(-n2cnc3ccccc32)nc1)N1CC(Cc2cccc(C(F)(F)F)c2)C1. The van der Waals surface area contributed by atoms with Crippen molar-refractivity contribution in [2.24, 2.45) is 5.92 Å². The van der Waals surface area contributed by atoms with Gasteiger partial charge < -0.3 is 4.90 Å².